The molecule has 1 aliphatic heterocycles. The molecule has 1 unspecified atom stereocenters. The molecular weight excluding hydrogens is 360 g/mol. The van der Waals surface area contributed by atoms with Crippen LogP contribution >= 0.6 is 11.6 Å². The summed E-state index contributed by atoms with van der Waals surface area (Å²) in [7, 11) is -3.70. The Labute approximate surface area is 153 Å². The zero-order chi connectivity index (χ0) is 17.9. The molecule has 0 spiro atoms. The topological polar surface area (TPSA) is 68.3 Å². The molecule has 1 aromatic heterocycles. The zero-order valence-electron chi connectivity index (χ0n) is 14.0. The molecule has 0 saturated carbocycles. The number of nitrogens with one attached hydrogen (secondary N) is 1. The van der Waals surface area contributed by atoms with Crippen molar-refractivity contribution in [2.75, 3.05) is 13.2 Å². The maximum absolute atomic E-state index is 12.9. The number of sulfonamides is 1. The van der Waals surface area contributed by atoms with Crippen LogP contribution in [0.15, 0.2) is 47.6 Å². The Balaban J connectivity index is 1.92. The highest BCUT2D eigenvalue weighted by Crippen LogP contribution is 2.31. The summed E-state index contributed by atoms with van der Waals surface area (Å²) in [4.78, 5) is 4.31. The van der Waals surface area contributed by atoms with E-state index < -0.39 is 10.0 Å². The van der Waals surface area contributed by atoms with Gasteiger partial charge in [-0.3, -0.25) is 4.98 Å². The van der Waals surface area contributed by atoms with E-state index in [9.17, 15) is 8.42 Å². The van der Waals surface area contributed by atoms with Crippen molar-refractivity contribution in [2.24, 2.45) is 5.92 Å². The van der Waals surface area contributed by atoms with Crippen LogP contribution in [0.2, 0.25) is 5.02 Å². The van der Waals surface area contributed by atoms with Gasteiger partial charge < -0.3 is 4.74 Å². The number of nitrogens with zero attached hydrogens (tertiary/aromatic N) is 1. The quantitative estimate of drug-likeness (QED) is 0.862. The van der Waals surface area contributed by atoms with Crippen LogP contribution in [0.1, 0.15) is 30.0 Å². The van der Waals surface area contributed by atoms with Gasteiger partial charge in [0.25, 0.3) is 0 Å². The van der Waals surface area contributed by atoms with Crippen molar-refractivity contribution in [1.82, 2.24) is 9.71 Å². The second-order valence-corrected chi connectivity index (χ2v) is 8.37. The van der Waals surface area contributed by atoms with Crippen LogP contribution < -0.4 is 4.72 Å². The predicted molar refractivity (Wildman–Crippen MR) is 97.0 cm³/mol. The van der Waals surface area contributed by atoms with Crippen LogP contribution in [0.4, 0.5) is 0 Å². The van der Waals surface area contributed by atoms with Crippen LogP contribution in [-0.2, 0) is 14.8 Å². The second kappa shape index (κ2) is 7.83. The van der Waals surface area contributed by atoms with Gasteiger partial charge in [-0.1, -0.05) is 23.7 Å². The summed E-state index contributed by atoms with van der Waals surface area (Å²) in [5.41, 5.74) is 1.70. The SMILES string of the molecule is Cc1ccc(S(=O)(=O)NC(c2cccnc2)C2CCOCC2)cc1Cl. The van der Waals surface area contributed by atoms with E-state index >= 15 is 0 Å². The van der Waals surface area contributed by atoms with Gasteiger partial charge >= 0.3 is 0 Å². The summed E-state index contributed by atoms with van der Waals surface area (Å²) >= 11 is 6.10. The molecule has 1 atom stereocenters. The number of rotatable bonds is 5. The lowest BCUT2D eigenvalue weighted by Crippen LogP contribution is -2.36. The zero-order valence-corrected chi connectivity index (χ0v) is 15.6. The smallest absolute Gasteiger partial charge is 0.241 e. The van der Waals surface area contributed by atoms with Crippen molar-refractivity contribution in [3.05, 3.63) is 58.9 Å². The van der Waals surface area contributed by atoms with E-state index in [1.165, 1.54) is 6.07 Å². The Morgan fingerprint density at radius 1 is 1.28 bits per heavy atom. The number of halogens is 1. The van der Waals surface area contributed by atoms with Crippen molar-refractivity contribution in [3.63, 3.8) is 0 Å². The fraction of sp³-hybridized carbons (Fsp3) is 0.389. The van der Waals surface area contributed by atoms with E-state index in [1.807, 2.05) is 19.1 Å². The second-order valence-electron chi connectivity index (χ2n) is 6.25. The van der Waals surface area contributed by atoms with Gasteiger partial charge in [0.15, 0.2) is 0 Å². The number of aromatic nitrogens is 1. The maximum atomic E-state index is 12.9. The number of aryl methyl sites for hydroxylation is 1. The lowest BCUT2D eigenvalue weighted by atomic mass is 9.88. The van der Waals surface area contributed by atoms with Crippen molar-refractivity contribution < 1.29 is 13.2 Å². The molecule has 0 aliphatic carbocycles. The van der Waals surface area contributed by atoms with Crippen LogP contribution in [-0.4, -0.2) is 26.6 Å². The minimum Gasteiger partial charge on any atom is -0.381 e. The van der Waals surface area contributed by atoms with Gasteiger partial charge in [0.05, 0.1) is 10.9 Å². The molecule has 0 amide bonds. The van der Waals surface area contributed by atoms with Gasteiger partial charge in [-0.05, 0) is 55.0 Å². The summed E-state index contributed by atoms with van der Waals surface area (Å²) in [6.07, 6.45) is 5.00. The molecule has 1 aliphatic rings. The lowest BCUT2D eigenvalue weighted by Gasteiger charge is -2.31. The molecule has 0 bridgehead atoms. The highest BCUT2D eigenvalue weighted by molar-refractivity contribution is 7.89. The normalized spacial score (nSPS) is 17.4. The molecule has 0 radical (unpaired) electrons. The van der Waals surface area contributed by atoms with Crippen LogP contribution in [0.3, 0.4) is 0 Å². The van der Waals surface area contributed by atoms with E-state index in [4.69, 9.17) is 16.3 Å². The summed E-state index contributed by atoms with van der Waals surface area (Å²) in [6.45, 7) is 3.12. The summed E-state index contributed by atoms with van der Waals surface area (Å²) < 4.78 is 34.1. The van der Waals surface area contributed by atoms with Crippen LogP contribution in [0, 0.1) is 12.8 Å². The number of ether oxygens (including phenoxy) is 1. The average molecular weight is 381 g/mol. The minimum absolute atomic E-state index is 0.161. The minimum atomic E-state index is -3.70. The van der Waals surface area contributed by atoms with Crippen LogP contribution in [0.5, 0.6) is 0 Å². The average Bonchev–Trinajstić information content (AvgIpc) is 2.63. The van der Waals surface area contributed by atoms with E-state index in [-0.39, 0.29) is 16.9 Å². The first-order valence-corrected chi connectivity index (χ1v) is 10.1. The Hall–Kier alpha value is -1.47. The van der Waals surface area contributed by atoms with Gasteiger partial charge in [0.1, 0.15) is 0 Å². The molecule has 7 heteroatoms. The van der Waals surface area contributed by atoms with Gasteiger partial charge in [-0.2, -0.15) is 0 Å². The highest BCUT2D eigenvalue weighted by atomic mass is 35.5. The molecule has 3 rings (SSSR count). The molecule has 2 aromatic rings. The number of hydrogen-bond acceptors (Lipinski definition) is 4. The number of pyridine rings is 1. The Bertz CT molecular complexity index is 821. The van der Waals surface area contributed by atoms with Gasteiger partial charge in [-0.25, -0.2) is 13.1 Å². The third-order valence-electron chi connectivity index (χ3n) is 4.52. The third kappa shape index (κ3) is 4.39. The Morgan fingerprint density at radius 3 is 2.68 bits per heavy atom. The number of benzene rings is 1. The highest BCUT2D eigenvalue weighted by Gasteiger charge is 2.30. The first-order valence-electron chi connectivity index (χ1n) is 8.23. The molecule has 1 saturated heterocycles. The van der Waals surface area contributed by atoms with E-state index in [0.29, 0.717) is 18.2 Å². The molecule has 1 fully saturated rings. The molecule has 2 heterocycles. The molecule has 5 nitrogen and oxygen atoms in total. The van der Waals surface area contributed by atoms with E-state index in [0.717, 1.165) is 24.0 Å². The summed E-state index contributed by atoms with van der Waals surface area (Å²) in [6, 6.07) is 8.15. The first-order chi connectivity index (χ1) is 12.0. The van der Waals surface area contributed by atoms with E-state index in [1.54, 1.807) is 24.5 Å². The summed E-state index contributed by atoms with van der Waals surface area (Å²) in [5, 5.41) is 0.437. The lowest BCUT2D eigenvalue weighted by molar-refractivity contribution is 0.0564. The Morgan fingerprint density at radius 2 is 2.04 bits per heavy atom. The first kappa shape index (κ1) is 18.3. The molecular formula is C18H21ClN2O3S. The standard InChI is InChI=1S/C18H21ClN2O3S/c1-13-4-5-16(11-17(13)19)25(22,23)21-18(14-6-9-24-10-7-14)15-3-2-8-20-12-15/h2-5,8,11-12,14,18,21H,6-7,9-10H2,1H3. The molecule has 134 valence electrons. The van der Waals surface area contributed by atoms with Gasteiger partial charge in [0.2, 0.25) is 10.0 Å². The largest absolute Gasteiger partial charge is 0.381 e. The molecule has 25 heavy (non-hydrogen) atoms. The van der Waals surface area contributed by atoms with Crippen molar-refractivity contribution in [2.45, 2.75) is 30.7 Å². The fourth-order valence-electron chi connectivity index (χ4n) is 3.02. The maximum Gasteiger partial charge on any atom is 0.241 e. The van der Waals surface area contributed by atoms with E-state index in [2.05, 4.69) is 9.71 Å². The summed E-state index contributed by atoms with van der Waals surface area (Å²) in [5.74, 6) is 0.161. The molecule has 1 aromatic carbocycles. The monoisotopic (exact) mass is 380 g/mol. The predicted octanol–water partition coefficient (Wildman–Crippen LogP) is 3.49. The van der Waals surface area contributed by atoms with Crippen LogP contribution in [0.25, 0.3) is 0 Å². The van der Waals surface area contributed by atoms with Gasteiger partial charge in [0, 0.05) is 30.6 Å². The van der Waals surface area contributed by atoms with Crippen molar-refractivity contribution in [3.8, 4) is 0 Å². The van der Waals surface area contributed by atoms with Crippen molar-refractivity contribution >= 4 is 21.6 Å². The Kier molecular flexibility index (Phi) is 5.74. The number of hydrogen-bond donors (Lipinski definition) is 1. The molecule has 1 N–H and O–H groups in total. The van der Waals surface area contributed by atoms with Gasteiger partial charge in [-0.15, -0.1) is 0 Å². The fourth-order valence-corrected chi connectivity index (χ4v) is 4.59. The van der Waals surface area contributed by atoms with Crippen molar-refractivity contribution in [1.29, 1.82) is 0 Å². The third-order valence-corrected chi connectivity index (χ3v) is 6.36.